The minimum absolute atomic E-state index is 0.0525. The molecular weight excluding hydrogens is 250 g/mol. The molecule has 1 fully saturated rings. The Labute approximate surface area is 111 Å². The van der Waals surface area contributed by atoms with Crippen molar-refractivity contribution >= 4 is 5.91 Å². The van der Waals surface area contributed by atoms with Gasteiger partial charge >= 0.3 is 0 Å². The van der Waals surface area contributed by atoms with Crippen molar-refractivity contribution in [2.24, 2.45) is 11.7 Å². The highest BCUT2D eigenvalue weighted by Gasteiger charge is 2.24. The summed E-state index contributed by atoms with van der Waals surface area (Å²) in [6.45, 7) is 0.171. The maximum Gasteiger partial charge on any atom is 0.220 e. The van der Waals surface area contributed by atoms with E-state index >= 15 is 0 Å². The van der Waals surface area contributed by atoms with Crippen molar-refractivity contribution in [3.8, 4) is 0 Å². The molecule has 104 valence electrons. The third-order valence-corrected chi connectivity index (χ3v) is 3.76. The van der Waals surface area contributed by atoms with Gasteiger partial charge in [0.05, 0.1) is 0 Å². The predicted octanol–water partition coefficient (Wildman–Crippen LogP) is 2.10. The molecular formula is C14H18F2N2O. The molecule has 1 aromatic rings. The van der Waals surface area contributed by atoms with Gasteiger partial charge in [0.25, 0.3) is 0 Å². The lowest BCUT2D eigenvalue weighted by molar-refractivity contribution is -0.122. The second kappa shape index (κ2) is 6.10. The average Bonchev–Trinajstić information content (AvgIpc) is 2.38. The van der Waals surface area contributed by atoms with E-state index < -0.39 is 11.6 Å². The first-order valence-electron chi connectivity index (χ1n) is 6.53. The average molecular weight is 268 g/mol. The number of benzene rings is 1. The quantitative estimate of drug-likeness (QED) is 0.878. The van der Waals surface area contributed by atoms with Crippen molar-refractivity contribution in [2.75, 3.05) is 0 Å². The Kier molecular flexibility index (Phi) is 4.47. The smallest absolute Gasteiger partial charge is 0.220 e. The van der Waals surface area contributed by atoms with Crippen LogP contribution in [0.15, 0.2) is 18.2 Å². The van der Waals surface area contributed by atoms with Crippen molar-refractivity contribution in [1.29, 1.82) is 0 Å². The Morgan fingerprint density at radius 3 is 2.32 bits per heavy atom. The molecule has 0 saturated heterocycles. The summed E-state index contributed by atoms with van der Waals surface area (Å²) in [4.78, 5) is 11.0. The number of hydrogen-bond acceptors (Lipinski definition) is 2. The topological polar surface area (TPSA) is 55.1 Å². The number of carbonyl (C=O) groups excluding carboxylic acids is 1. The maximum atomic E-state index is 13.4. The molecule has 5 heteroatoms. The van der Waals surface area contributed by atoms with Gasteiger partial charge in [0.1, 0.15) is 11.6 Å². The number of halogens is 2. The first-order chi connectivity index (χ1) is 9.08. The van der Waals surface area contributed by atoms with Crippen LogP contribution in [0.1, 0.15) is 31.2 Å². The van der Waals surface area contributed by atoms with Crippen LogP contribution in [-0.4, -0.2) is 11.9 Å². The summed E-state index contributed by atoms with van der Waals surface area (Å²) in [5.41, 5.74) is 5.33. The lowest BCUT2D eigenvalue weighted by Gasteiger charge is -2.27. The van der Waals surface area contributed by atoms with Crippen LogP contribution < -0.4 is 11.1 Å². The number of nitrogens with one attached hydrogen (secondary N) is 1. The van der Waals surface area contributed by atoms with Gasteiger partial charge in [-0.15, -0.1) is 0 Å². The van der Waals surface area contributed by atoms with Crippen LogP contribution >= 0.6 is 0 Å². The molecule has 0 bridgehead atoms. The molecule has 19 heavy (non-hydrogen) atoms. The summed E-state index contributed by atoms with van der Waals surface area (Å²) in [6.07, 6.45) is 3.10. The van der Waals surface area contributed by atoms with Crippen LogP contribution in [0.25, 0.3) is 0 Å². The van der Waals surface area contributed by atoms with Gasteiger partial charge in [0, 0.05) is 24.1 Å². The Bertz CT molecular complexity index is 437. The summed E-state index contributed by atoms with van der Waals surface area (Å²) in [7, 11) is 0. The Hall–Kier alpha value is -1.49. The first kappa shape index (κ1) is 13.9. The van der Waals surface area contributed by atoms with E-state index in [1.54, 1.807) is 0 Å². The largest absolute Gasteiger partial charge is 0.369 e. The number of rotatable bonds is 4. The van der Waals surface area contributed by atoms with Gasteiger partial charge in [-0.3, -0.25) is 4.79 Å². The van der Waals surface area contributed by atoms with Gasteiger partial charge in [-0.25, -0.2) is 8.78 Å². The second-order valence-corrected chi connectivity index (χ2v) is 5.03. The summed E-state index contributed by atoms with van der Waals surface area (Å²) >= 11 is 0. The van der Waals surface area contributed by atoms with Crippen LogP contribution in [0.3, 0.4) is 0 Å². The molecule has 1 aliphatic carbocycles. The van der Waals surface area contributed by atoms with E-state index in [1.165, 1.54) is 18.2 Å². The molecule has 3 nitrogen and oxygen atoms in total. The number of primary amides is 1. The fraction of sp³-hybridized carbons (Fsp3) is 0.500. The van der Waals surface area contributed by atoms with Crippen molar-refractivity contribution < 1.29 is 13.6 Å². The lowest BCUT2D eigenvalue weighted by atomic mass is 9.85. The number of hydrogen-bond donors (Lipinski definition) is 2. The summed E-state index contributed by atoms with van der Waals surface area (Å²) in [6, 6.07) is 4.05. The van der Waals surface area contributed by atoms with E-state index in [2.05, 4.69) is 5.32 Å². The summed E-state index contributed by atoms with van der Waals surface area (Å²) in [5, 5.41) is 3.15. The van der Waals surface area contributed by atoms with Crippen LogP contribution in [-0.2, 0) is 11.3 Å². The van der Waals surface area contributed by atoms with E-state index in [9.17, 15) is 13.6 Å². The highest BCUT2D eigenvalue weighted by Crippen LogP contribution is 2.24. The van der Waals surface area contributed by atoms with Crippen LogP contribution in [0, 0.1) is 17.6 Å². The molecule has 0 unspecified atom stereocenters. The predicted molar refractivity (Wildman–Crippen MR) is 68.1 cm³/mol. The minimum atomic E-state index is -0.529. The van der Waals surface area contributed by atoms with Gasteiger partial charge in [0.2, 0.25) is 5.91 Å². The minimum Gasteiger partial charge on any atom is -0.369 e. The van der Waals surface area contributed by atoms with E-state index in [0.29, 0.717) is 0 Å². The van der Waals surface area contributed by atoms with Gasteiger partial charge in [-0.2, -0.15) is 0 Å². The Morgan fingerprint density at radius 2 is 1.79 bits per heavy atom. The molecule has 1 amide bonds. The Morgan fingerprint density at radius 1 is 1.21 bits per heavy atom. The molecule has 0 atom stereocenters. The third kappa shape index (κ3) is 3.50. The van der Waals surface area contributed by atoms with Gasteiger partial charge < -0.3 is 11.1 Å². The molecule has 0 aromatic heterocycles. The molecule has 3 N–H and O–H groups in total. The number of nitrogens with two attached hydrogens (primary N) is 1. The van der Waals surface area contributed by atoms with Crippen LogP contribution in [0.4, 0.5) is 8.78 Å². The van der Waals surface area contributed by atoms with Crippen LogP contribution in [0.2, 0.25) is 0 Å². The molecule has 1 aliphatic rings. The summed E-state index contributed by atoms with van der Waals surface area (Å²) in [5.74, 6) is -1.36. The van der Waals surface area contributed by atoms with E-state index in [1.807, 2.05) is 0 Å². The highest BCUT2D eigenvalue weighted by atomic mass is 19.1. The second-order valence-electron chi connectivity index (χ2n) is 5.03. The number of carbonyl (C=O) groups is 1. The summed E-state index contributed by atoms with van der Waals surface area (Å²) < 4.78 is 26.9. The highest BCUT2D eigenvalue weighted by molar-refractivity contribution is 5.76. The van der Waals surface area contributed by atoms with Gasteiger partial charge in [-0.1, -0.05) is 6.07 Å². The van der Waals surface area contributed by atoms with Crippen molar-refractivity contribution in [2.45, 2.75) is 38.3 Å². The monoisotopic (exact) mass is 268 g/mol. The third-order valence-electron chi connectivity index (χ3n) is 3.76. The van der Waals surface area contributed by atoms with E-state index in [-0.39, 0.29) is 30.0 Å². The molecule has 0 heterocycles. The fourth-order valence-electron chi connectivity index (χ4n) is 2.53. The van der Waals surface area contributed by atoms with Gasteiger partial charge in [-0.05, 0) is 37.8 Å². The SMILES string of the molecule is NC(=O)C1CCC(NCc2c(F)cccc2F)CC1. The van der Waals surface area contributed by atoms with Crippen molar-refractivity contribution in [3.05, 3.63) is 35.4 Å². The first-order valence-corrected chi connectivity index (χ1v) is 6.53. The van der Waals surface area contributed by atoms with E-state index in [0.717, 1.165) is 25.7 Å². The van der Waals surface area contributed by atoms with Gasteiger partial charge in [0.15, 0.2) is 0 Å². The van der Waals surface area contributed by atoms with Crippen molar-refractivity contribution in [3.63, 3.8) is 0 Å². The molecule has 1 saturated carbocycles. The molecule has 1 aromatic carbocycles. The zero-order chi connectivity index (χ0) is 13.8. The van der Waals surface area contributed by atoms with E-state index in [4.69, 9.17) is 5.73 Å². The molecule has 0 radical (unpaired) electrons. The normalized spacial score (nSPS) is 23.3. The zero-order valence-electron chi connectivity index (χ0n) is 10.7. The van der Waals surface area contributed by atoms with Crippen molar-refractivity contribution in [1.82, 2.24) is 5.32 Å². The maximum absolute atomic E-state index is 13.4. The Balaban J connectivity index is 1.86. The number of amides is 1. The molecule has 2 rings (SSSR count). The zero-order valence-corrected chi connectivity index (χ0v) is 10.7. The standard InChI is InChI=1S/C14H18F2N2O/c15-12-2-1-3-13(16)11(12)8-18-10-6-4-9(5-7-10)14(17)19/h1-3,9-10,18H,4-8H2,(H2,17,19). The molecule has 0 spiro atoms. The molecule has 0 aliphatic heterocycles. The lowest BCUT2D eigenvalue weighted by Crippen LogP contribution is -2.36. The van der Waals surface area contributed by atoms with Crippen LogP contribution in [0.5, 0.6) is 0 Å². The fourth-order valence-corrected chi connectivity index (χ4v) is 2.53.